The quantitative estimate of drug-likeness (QED) is 0.658. The average Bonchev–Trinajstić information content (AvgIpc) is 2.43. The predicted molar refractivity (Wildman–Crippen MR) is 81.2 cm³/mol. The van der Waals surface area contributed by atoms with Gasteiger partial charge in [0.1, 0.15) is 5.69 Å². The van der Waals surface area contributed by atoms with Gasteiger partial charge < -0.3 is 11.1 Å². The first-order valence-electron chi connectivity index (χ1n) is 7.23. The molecule has 21 heavy (non-hydrogen) atoms. The van der Waals surface area contributed by atoms with Gasteiger partial charge in [0, 0.05) is 17.7 Å². The van der Waals surface area contributed by atoms with Crippen molar-refractivity contribution < 1.29 is 9.72 Å². The molecule has 0 saturated heterocycles. The highest BCUT2D eigenvalue weighted by Crippen LogP contribution is 2.33. The summed E-state index contributed by atoms with van der Waals surface area (Å²) in [5.74, 6) is 0.625. The summed E-state index contributed by atoms with van der Waals surface area (Å²) < 4.78 is 0. The summed E-state index contributed by atoms with van der Waals surface area (Å²) in [6.45, 7) is 4.45. The molecule has 3 unspecified atom stereocenters. The van der Waals surface area contributed by atoms with E-state index in [4.69, 9.17) is 5.73 Å². The first-order valence-corrected chi connectivity index (χ1v) is 7.23. The van der Waals surface area contributed by atoms with Crippen molar-refractivity contribution in [2.45, 2.75) is 39.2 Å². The van der Waals surface area contributed by atoms with E-state index in [0.717, 1.165) is 19.3 Å². The van der Waals surface area contributed by atoms with Gasteiger partial charge in [0.25, 0.3) is 5.69 Å². The molecule has 0 spiro atoms. The maximum Gasteiger partial charge on any atom is 0.293 e. The molecule has 0 radical (unpaired) electrons. The van der Waals surface area contributed by atoms with E-state index < -0.39 is 10.8 Å². The van der Waals surface area contributed by atoms with Crippen molar-refractivity contribution >= 4 is 17.3 Å². The Hall–Kier alpha value is -2.11. The zero-order valence-electron chi connectivity index (χ0n) is 12.3. The molecule has 1 amide bonds. The number of primary amides is 1. The van der Waals surface area contributed by atoms with Crippen LogP contribution < -0.4 is 11.1 Å². The molecule has 6 heteroatoms. The standard InChI is InChI=1S/C15H21N3O3/c1-9-3-5-12(7-10(9)2)17-13-6-4-11(15(16)19)8-14(13)18(20)21/h4,6,8-10,12,17H,3,5,7H2,1-2H3,(H2,16,19). The Bertz CT molecular complexity index is 559. The molecular weight excluding hydrogens is 270 g/mol. The van der Waals surface area contributed by atoms with Crippen LogP contribution in [0.1, 0.15) is 43.5 Å². The van der Waals surface area contributed by atoms with E-state index in [2.05, 4.69) is 19.2 Å². The summed E-state index contributed by atoms with van der Waals surface area (Å²) in [7, 11) is 0. The molecule has 3 atom stereocenters. The van der Waals surface area contributed by atoms with Gasteiger partial charge in [-0.15, -0.1) is 0 Å². The lowest BCUT2D eigenvalue weighted by Gasteiger charge is -2.33. The van der Waals surface area contributed by atoms with Crippen LogP contribution in [-0.2, 0) is 0 Å². The van der Waals surface area contributed by atoms with Crippen LogP contribution in [0.2, 0.25) is 0 Å². The van der Waals surface area contributed by atoms with E-state index in [-0.39, 0.29) is 17.3 Å². The molecule has 0 heterocycles. The highest BCUT2D eigenvalue weighted by atomic mass is 16.6. The number of carbonyl (C=O) groups excluding carboxylic acids is 1. The predicted octanol–water partition coefficient (Wildman–Crippen LogP) is 2.93. The zero-order chi connectivity index (χ0) is 15.6. The van der Waals surface area contributed by atoms with E-state index in [1.165, 1.54) is 12.1 Å². The third-order valence-corrected chi connectivity index (χ3v) is 4.44. The second-order valence-corrected chi connectivity index (χ2v) is 5.96. The second-order valence-electron chi connectivity index (χ2n) is 5.96. The fraction of sp³-hybridized carbons (Fsp3) is 0.533. The maximum atomic E-state index is 11.2. The highest BCUT2D eigenvalue weighted by molar-refractivity contribution is 5.94. The SMILES string of the molecule is CC1CCC(Nc2ccc(C(N)=O)cc2[N+](=O)[O-])CC1C. The minimum atomic E-state index is -0.662. The Kier molecular flexibility index (Phi) is 4.45. The van der Waals surface area contributed by atoms with Crippen LogP contribution in [0.3, 0.4) is 0 Å². The van der Waals surface area contributed by atoms with Crippen LogP contribution in [0.25, 0.3) is 0 Å². The van der Waals surface area contributed by atoms with Gasteiger partial charge in [-0.25, -0.2) is 0 Å². The van der Waals surface area contributed by atoms with Gasteiger partial charge in [0.15, 0.2) is 0 Å². The first kappa shape index (κ1) is 15.3. The van der Waals surface area contributed by atoms with E-state index in [1.807, 2.05) is 0 Å². The van der Waals surface area contributed by atoms with Crippen LogP contribution in [0, 0.1) is 22.0 Å². The van der Waals surface area contributed by atoms with E-state index in [9.17, 15) is 14.9 Å². The van der Waals surface area contributed by atoms with Crippen molar-refractivity contribution in [1.82, 2.24) is 0 Å². The third-order valence-electron chi connectivity index (χ3n) is 4.44. The minimum Gasteiger partial charge on any atom is -0.377 e. The van der Waals surface area contributed by atoms with Gasteiger partial charge in [0.2, 0.25) is 5.91 Å². The fourth-order valence-corrected chi connectivity index (χ4v) is 2.86. The molecule has 0 aliphatic heterocycles. The van der Waals surface area contributed by atoms with Gasteiger partial charge in [-0.05, 0) is 43.2 Å². The first-order chi connectivity index (χ1) is 9.88. The molecule has 0 aromatic heterocycles. The molecule has 2 rings (SSSR count). The summed E-state index contributed by atoms with van der Waals surface area (Å²) in [4.78, 5) is 21.8. The molecule has 1 aromatic carbocycles. The normalized spacial score (nSPS) is 25.3. The molecule has 1 fully saturated rings. The number of benzene rings is 1. The number of anilines is 1. The molecule has 6 nitrogen and oxygen atoms in total. The van der Waals surface area contributed by atoms with Gasteiger partial charge >= 0.3 is 0 Å². The van der Waals surface area contributed by atoms with E-state index in [1.54, 1.807) is 6.07 Å². The lowest BCUT2D eigenvalue weighted by atomic mass is 9.79. The third kappa shape index (κ3) is 3.51. The van der Waals surface area contributed by atoms with Crippen LogP contribution in [0.15, 0.2) is 18.2 Å². The number of rotatable bonds is 4. The van der Waals surface area contributed by atoms with Crippen molar-refractivity contribution in [2.75, 3.05) is 5.32 Å². The average molecular weight is 291 g/mol. The van der Waals surface area contributed by atoms with Crippen molar-refractivity contribution in [3.8, 4) is 0 Å². The fourth-order valence-electron chi connectivity index (χ4n) is 2.86. The van der Waals surface area contributed by atoms with Gasteiger partial charge in [-0.2, -0.15) is 0 Å². The zero-order valence-corrected chi connectivity index (χ0v) is 12.3. The van der Waals surface area contributed by atoms with Crippen molar-refractivity contribution in [1.29, 1.82) is 0 Å². The molecule has 0 bridgehead atoms. The largest absolute Gasteiger partial charge is 0.377 e. The summed E-state index contributed by atoms with van der Waals surface area (Å²) in [6, 6.07) is 4.56. The molecular formula is C15H21N3O3. The van der Waals surface area contributed by atoms with Gasteiger partial charge in [-0.1, -0.05) is 13.8 Å². The number of hydrogen-bond acceptors (Lipinski definition) is 4. The number of nitrogens with zero attached hydrogens (tertiary/aromatic N) is 1. The monoisotopic (exact) mass is 291 g/mol. The smallest absolute Gasteiger partial charge is 0.293 e. The Morgan fingerprint density at radius 3 is 2.62 bits per heavy atom. The van der Waals surface area contributed by atoms with Crippen molar-refractivity contribution in [2.24, 2.45) is 17.6 Å². The van der Waals surface area contributed by atoms with Crippen LogP contribution in [0.4, 0.5) is 11.4 Å². The number of nitro benzene ring substituents is 1. The number of nitrogens with one attached hydrogen (secondary N) is 1. The molecule has 1 aromatic rings. The number of nitrogens with two attached hydrogens (primary N) is 1. The van der Waals surface area contributed by atoms with Crippen LogP contribution in [0.5, 0.6) is 0 Å². The van der Waals surface area contributed by atoms with Crippen molar-refractivity contribution in [3.63, 3.8) is 0 Å². The van der Waals surface area contributed by atoms with Crippen LogP contribution in [-0.4, -0.2) is 16.9 Å². The lowest BCUT2D eigenvalue weighted by molar-refractivity contribution is -0.384. The Labute approximate surface area is 123 Å². The summed E-state index contributed by atoms with van der Waals surface area (Å²) in [6.07, 6.45) is 3.11. The minimum absolute atomic E-state index is 0.0995. The molecule has 1 aliphatic carbocycles. The van der Waals surface area contributed by atoms with Gasteiger partial charge in [0.05, 0.1) is 4.92 Å². The molecule has 1 saturated carbocycles. The highest BCUT2D eigenvalue weighted by Gasteiger charge is 2.26. The Morgan fingerprint density at radius 2 is 2.05 bits per heavy atom. The second kappa shape index (κ2) is 6.11. The van der Waals surface area contributed by atoms with Crippen molar-refractivity contribution in [3.05, 3.63) is 33.9 Å². The molecule has 1 aliphatic rings. The Morgan fingerprint density at radius 1 is 1.33 bits per heavy atom. The van der Waals surface area contributed by atoms with E-state index in [0.29, 0.717) is 17.5 Å². The number of nitro groups is 1. The number of carbonyl (C=O) groups is 1. The summed E-state index contributed by atoms with van der Waals surface area (Å²) >= 11 is 0. The topological polar surface area (TPSA) is 98.3 Å². The Balaban J connectivity index is 2.19. The molecule has 3 N–H and O–H groups in total. The summed E-state index contributed by atoms with van der Waals surface area (Å²) in [5.41, 5.74) is 5.68. The molecule has 114 valence electrons. The summed E-state index contributed by atoms with van der Waals surface area (Å²) in [5, 5.41) is 14.4. The number of amides is 1. The van der Waals surface area contributed by atoms with Crippen LogP contribution >= 0.6 is 0 Å². The van der Waals surface area contributed by atoms with Gasteiger partial charge in [-0.3, -0.25) is 14.9 Å². The number of hydrogen-bond donors (Lipinski definition) is 2. The maximum absolute atomic E-state index is 11.2. The lowest BCUT2D eigenvalue weighted by Crippen LogP contribution is -2.30. The van der Waals surface area contributed by atoms with E-state index >= 15 is 0 Å².